The second kappa shape index (κ2) is 6.55. The topological polar surface area (TPSA) is 83.7 Å². The number of amides is 1. The molecule has 0 bridgehead atoms. The Hall–Kier alpha value is -1.12. The minimum atomic E-state index is -3.67. The van der Waals surface area contributed by atoms with Crippen LogP contribution < -0.4 is 0 Å². The van der Waals surface area contributed by atoms with Gasteiger partial charge in [0.1, 0.15) is 16.0 Å². The molecule has 0 N–H and O–H groups in total. The summed E-state index contributed by atoms with van der Waals surface area (Å²) in [5, 5.41) is 3.10. The van der Waals surface area contributed by atoms with Gasteiger partial charge < -0.3 is 9.42 Å². The van der Waals surface area contributed by atoms with Crippen molar-refractivity contribution in [2.45, 2.75) is 37.5 Å². The number of aromatic nitrogens is 1. The maximum absolute atomic E-state index is 12.7. The molecule has 22 heavy (non-hydrogen) atoms. The van der Waals surface area contributed by atoms with E-state index in [2.05, 4.69) is 5.16 Å². The first-order valence-electron chi connectivity index (χ1n) is 7.11. The van der Waals surface area contributed by atoms with E-state index in [1.165, 1.54) is 4.31 Å². The molecule has 1 aromatic heterocycles. The largest absolute Gasteiger partial charge is 0.360 e. The molecule has 2 rings (SSSR count). The SMILES string of the molecule is Cc1noc(C)c1S(=O)(=O)N1CCCN(C(=O)C(C)Cl)CC1. The Bertz CT molecular complexity index is 637. The molecule has 1 unspecified atom stereocenters. The maximum atomic E-state index is 12.7. The number of alkyl halides is 1. The van der Waals surface area contributed by atoms with Gasteiger partial charge in [0.2, 0.25) is 15.9 Å². The van der Waals surface area contributed by atoms with Crippen LogP contribution in [0.3, 0.4) is 0 Å². The molecule has 2 heterocycles. The van der Waals surface area contributed by atoms with Crippen molar-refractivity contribution in [3.8, 4) is 0 Å². The molecule has 1 aliphatic rings. The average molecular weight is 350 g/mol. The molecule has 0 aromatic carbocycles. The molecule has 0 spiro atoms. The number of hydrogen-bond donors (Lipinski definition) is 0. The molecule has 0 saturated carbocycles. The maximum Gasteiger partial charge on any atom is 0.248 e. The Morgan fingerprint density at radius 1 is 1.27 bits per heavy atom. The summed E-state index contributed by atoms with van der Waals surface area (Å²) in [6.45, 7) is 6.23. The van der Waals surface area contributed by atoms with Crippen LogP contribution >= 0.6 is 11.6 Å². The molecule has 9 heteroatoms. The van der Waals surface area contributed by atoms with Gasteiger partial charge in [-0.1, -0.05) is 5.16 Å². The van der Waals surface area contributed by atoms with Gasteiger partial charge in [0, 0.05) is 26.2 Å². The summed E-state index contributed by atoms with van der Waals surface area (Å²) in [5.41, 5.74) is 0.351. The lowest BCUT2D eigenvalue weighted by Gasteiger charge is -2.22. The molecule has 1 atom stereocenters. The number of nitrogens with zero attached hydrogens (tertiary/aromatic N) is 3. The smallest absolute Gasteiger partial charge is 0.248 e. The highest BCUT2D eigenvalue weighted by Crippen LogP contribution is 2.24. The standard InChI is InChI=1S/C13H20ClN3O4S/c1-9(14)13(18)16-5-4-6-17(8-7-16)22(19,20)12-10(2)15-21-11(12)3/h9H,4-8H2,1-3H3. The third-order valence-electron chi connectivity index (χ3n) is 3.67. The van der Waals surface area contributed by atoms with Crippen molar-refractivity contribution in [1.29, 1.82) is 0 Å². The van der Waals surface area contributed by atoms with Crippen molar-refractivity contribution >= 4 is 27.5 Å². The van der Waals surface area contributed by atoms with Crippen molar-refractivity contribution < 1.29 is 17.7 Å². The highest BCUT2D eigenvalue weighted by atomic mass is 35.5. The van der Waals surface area contributed by atoms with Gasteiger partial charge >= 0.3 is 0 Å². The highest BCUT2D eigenvalue weighted by Gasteiger charge is 2.33. The van der Waals surface area contributed by atoms with Crippen LogP contribution in [0.1, 0.15) is 24.8 Å². The summed E-state index contributed by atoms with van der Waals surface area (Å²) < 4.78 is 31.8. The lowest BCUT2D eigenvalue weighted by atomic mass is 10.3. The van der Waals surface area contributed by atoms with Crippen LogP contribution in [0.4, 0.5) is 0 Å². The fourth-order valence-corrected chi connectivity index (χ4v) is 4.48. The van der Waals surface area contributed by atoms with Crippen LogP contribution in [-0.2, 0) is 14.8 Å². The molecule has 124 valence electrons. The zero-order valence-electron chi connectivity index (χ0n) is 12.9. The van der Waals surface area contributed by atoms with Crippen LogP contribution in [0.15, 0.2) is 9.42 Å². The zero-order valence-corrected chi connectivity index (χ0v) is 14.4. The van der Waals surface area contributed by atoms with Gasteiger partial charge in [-0.15, -0.1) is 11.6 Å². The van der Waals surface area contributed by atoms with Gasteiger partial charge in [-0.05, 0) is 27.2 Å². The molecule has 1 amide bonds. The molecule has 7 nitrogen and oxygen atoms in total. The molecule has 1 aliphatic heterocycles. The number of aryl methyl sites for hydroxylation is 2. The minimum Gasteiger partial charge on any atom is -0.360 e. The second-order valence-corrected chi connectivity index (χ2v) is 7.88. The van der Waals surface area contributed by atoms with E-state index < -0.39 is 15.4 Å². The Labute approximate surface area is 135 Å². The van der Waals surface area contributed by atoms with E-state index in [1.807, 2.05) is 0 Å². The van der Waals surface area contributed by atoms with Crippen molar-refractivity contribution in [1.82, 2.24) is 14.4 Å². The number of sulfonamides is 1. The molecule has 0 aliphatic carbocycles. The Morgan fingerprint density at radius 3 is 2.50 bits per heavy atom. The molecule has 1 saturated heterocycles. The number of halogens is 1. The fourth-order valence-electron chi connectivity index (χ4n) is 2.58. The highest BCUT2D eigenvalue weighted by molar-refractivity contribution is 7.89. The first kappa shape index (κ1) is 17.2. The number of carbonyl (C=O) groups is 1. The van der Waals surface area contributed by atoms with Gasteiger partial charge in [0.05, 0.1) is 0 Å². The van der Waals surface area contributed by atoms with Crippen LogP contribution in [-0.4, -0.2) is 60.2 Å². The molecule has 1 aromatic rings. The molecular formula is C13H20ClN3O4S. The van der Waals surface area contributed by atoms with E-state index in [9.17, 15) is 13.2 Å². The molecular weight excluding hydrogens is 330 g/mol. The lowest BCUT2D eigenvalue weighted by molar-refractivity contribution is -0.130. The lowest BCUT2D eigenvalue weighted by Crippen LogP contribution is -2.39. The van der Waals surface area contributed by atoms with Crippen LogP contribution in [0.25, 0.3) is 0 Å². The van der Waals surface area contributed by atoms with Crippen LogP contribution in [0.2, 0.25) is 0 Å². The van der Waals surface area contributed by atoms with E-state index in [4.69, 9.17) is 16.1 Å². The summed E-state index contributed by atoms with van der Waals surface area (Å²) >= 11 is 5.82. The van der Waals surface area contributed by atoms with E-state index >= 15 is 0 Å². The van der Waals surface area contributed by atoms with E-state index in [-0.39, 0.29) is 23.1 Å². The first-order valence-corrected chi connectivity index (χ1v) is 8.98. The summed E-state index contributed by atoms with van der Waals surface area (Å²) in [4.78, 5) is 13.7. The van der Waals surface area contributed by atoms with Crippen LogP contribution in [0.5, 0.6) is 0 Å². The minimum absolute atomic E-state index is 0.123. The van der Waals surface area contributed by atoms with Gasteiger partial charge in [-0.25, -0.2) is 8.42 Å². The van der Waals surface area contributed by atoms with E-state index in [1.54, 1.807) is 25.7 Å². The predicted octanol–water partition coefficient (Wildman–Crippen LogP) is 1.14. The Morgan fingerprint density at radius 2 is 1.95 bits per heavy atom. The summed E-state index contributed by atoms with van der Waals surface area (Å²) in [7, 11) is -3.67. The first-order chi connectivity index (χ1) is 10.2. The van der Waals surface area contributed by atoms with E-state index in [0.29, 0.717) is 31.7 Å². The van der Waals surface area contributed by atoms with Gasteiger partial charge in [-0.2, -0.15) is 4.31 Å². The summed E-state index contributed by atoms with van der Waals surface area (Å²) in [6, 6.07) is 0. The van der Waals surface area contributed by atoms with Crippen molar-refractivity contribution in [2.24, 2.45) is 0 Å². The third kappa shape index (κ3) is 3.28. The monoisotopic (exact) mass is 349 g/mol. The average Bonchev–Trinajstić information content (AvgIpc) is 2.67. The van der Waals surface area contributed by atoms with Crippen molar-refractivity contribution in [3.63, 3.8) is 0 Å². The fraction of sp³-hybridized carbons (Fsp3) is 0.692. The quantitative estimate of drug-likeness (QED) is 0.764. The van der Waals surface area contributed by atoms with Crippen molar-refractivity contribution in [2.75, 3.05) is 26.2 Å². The van der Waals surface area contributed by atoms with Gasteiger partial charge in [-0.3, -0.25) is 4.79 Å². The summed E-state index contributed by atoms with van der Waals surface area (Å²) in [5.74, 6) is 0.113. The third-order valence-corrected chi connectivity index (χ3v) is 6.00. The number of hydrogen-bond acceptors (Lipinski definition) is 5. The summed E-state index contributed by atoms with van der Waals surface area (Å²) in [6.07, 6.45) is 0.567. The predicted molar refractivity (Wildman–Crippen MR) is 81.2 cm³/mol. The van der Waals surface area contributed by atoms with E-state index in [0.717, 1.165) is 0 Å². The van der Waals surface area contributed by atoms with Crippen LogP contribution in [0, 0.1) is 13.8 Å². The number of carbonyl (C=O) groups excluding carboxylic acids is 1. The van der Waals surface area contributed by atoms with Gasteiger partial charge in [0.15, 0.2) is 5.76 Å². The number of rotatable bonds is 3. The molecule has 0 radical (unpaired) electrons. The zero-order chi connectivity index (χ0) is 16.5. The Balaban J connectivity index is 2.19. The molecule has 1 fully saturated rings. The van der Waals surface area contributed by atoms with Gasteiger partial charge in [0.25, 0.3) is 0 Å². The van der Waals surface area contributed by atoms with Crippen molar-refractivity contribution in [3.05, 3.63) is 11.5 Å². The normalized spacial score (nSPS) is 19.0. The second-order valence-electron chi connectivity index (χ2n) is 5.35. The Kier molecular flexibility index (Phi) is 5.14.